The lowest BCUT2D eigenvalue weighted by Gasteiger charge is -2.15. The first kappa shape index (κ1) is 14.4. The van der Waals surface area contributed by atoms with Crippen LogP contribution in [0.5, 0.6) is 0 Å². The average molecular weight is 347 g/mol. The maximum Gasteiger partial charge on any atom is 0.266 e. The predicted molar refractivity (Wildman–Crippen MR) is 111 cm³/mol. The Hall–Kier alpha value is -3.72. The first-order valence-electron chi connectivity index (χ1n) is 8.89. The van der Waals surface area contributed by atoms with Crippen LogP contribution in [0.25, 0.3) is 48.6 Å². The number of fused-ring (bicyclic) bond motifs is 6. The number of pyridine rings is 2. The fourth-order valence-corrected chi connectivity index (χ4v) is 4.38. The number of nitrogens with zero attached hydrogens (tertiary/aromatic N) is 1. The van der Waals surface area contributed by atoms with Crippen molar-refractivity contribution in [3.63, 3.8) is 0 Å². The van der Waals surface area contributed by atoms with Gasteiger partial charge in [0.2, 0.25) is 0 Å². The zero-order chi connectivity index (χ0) is 18.1. The highest BCUT2D eigenvalue weighted by molar-refractivity contribution is 6.27. The molecular formula is C24H13NO2. The van der Waals surface area contributed by atoms with Gasteiger partial charge in [0.05, 0.1) is 5.52 Å². The van der Waals surface area contributed by atoms with E-state index in [1.807, 2.05) is 48.5 Å². The van der Waals surface area contributed by atoms with Crippen molar-refractivity contribution in [1.82, 2.24) is 4.40 Å². The fraction of sp³-hybridized carbons (Fsp3) is 0. The van der Waals surface area contributed by atoms with Crippen LogP contribution >= 0.6 is 0 Å². The molecule has 2 heterocycles. The summed E-state index contributed by atoms with van der Waals surface area (Å²) in [5, 5.41) is 6.95. The van der Waals surface area contributed by atoms with Gasteiger partial charge in [-0.1, -0.05) is 60.7 Å². The van der Waals surface area contributed by atoms with Crippen molar-refractivity contribution in [2.75, 3.05) is 0 Å². The second-order valence-electron chi connectivity index (χ2n) is 6.91. The van der Waals surface area contributed by atoms with Gasteiger partial charge < -0.3 is 0 Å². The van der Waals surface area contributed by atoms with E-state index in [-0.39, 0.29) is 11.1 Å². The molecular weight excluding hydrogens is 334 g/mol. The molecule has 0 aliphatic heterocycles. The van der Waals surface area contributed by atoms with Gasteiger partial charge in [-0.25, -0.2) is 4.40 Å². The molecule has 27 heavy (non-hydrogen) atoms. The van der Waals surface area contributed by atoms with Gasteiger partial charge in [0, 0.05) is 21.5 Å². The lowest BCUT2D eigenvalue weighted by Crippen LogP contribution is -2.27. The minimum absolute atomic E-state index is 0.255. The molecule has 0 bridgehead atoms. The lowest BCUT2D eigenvalue weighted by atomic mass is 9.95. The topological polar surface area (TPSA) is 38.5 Å². The van der Waals surface area contributed by atoms with E-state index < -0.39 is 0 Å². The minimum Gasteiger partial charge on any atom is -0.268 e. The van der Waals surface area contributed by atoms with Crippen molar-refractivity contribution in [2.24, 2.45) is 0 Å². The van der Waals surface area contributed by atoms with Gasteiger partial charge in [0.15, 0.2) is 0 Å². The Bertz CT molecular complexity index is 1650. The largest absolute Gasteiger partial charge is 0.268 e. The monoisotopic (exact) mass is 347 g/mol. The van der Waals surface area contributed by atoms with Crippen LogP contribution in [0.1, 0.15) is 0 Å². The van der Waals surface area contributed by atoms with Crippen molar-refractivity contribution in [1.29, 1.82) is 0 Å². The molecule has 4 aromatic carbocycles. The molecule has 0 radical (unpaired) electrons. The van der Waals surface area contributed by atoms with Gasteiger partial charge in [0.25, 0.3) is 11.1 Å². The normalized spacial score (nSPS) is 12.0. The van der Waals surface area contributed by atoms with Crippen molar-refractivity contribution >= 4 is 48.6 Å². The lowest BCUT2D eigenvalue weighted by molar-refractivity contribution is 1.09. The highest BCUT2D eigenvalue weighted by Gasteiger charge is 2.18. The van der Waals surface area contributed by atoms with Crippen LogP contribution in [0, 0.1) is 0 Å². The molecule has 3 nitrogen and oxygen atoms in total. The van der Waals surface area contributed by atoms with Crippen molar-refractivity contribution in [2.45, 2.75) is 0 Å². The Labute approximate surface area is 153 Å². The summed E-state index contributed by atoms with van der Waals surface area (Å²) in [6.07, 6.45) is 0. The van der Waals surface area contributed by atoms with Crippen LogP contribution in [0.4, 0.5) is 0 Å². The summed E-state index contributed by atoms with van der Waals surface area (Å²) in [7, 11) is 0. The maximum atomic E-state index is 13.3. The van der Waals surface area contributed by atoms with Crippen LogP contribution < -0.4 is 11.1 Å². The van der Waals surface area contributed by atoms with Crippen LogP contribution in [0.3, 0.4) is 0 Å². The Morgan fingerprint density at radius 2 is 1.04 bits per heavy atom. The highest BCUT2D eigenvalue weighted by atomic mass is 16.2. The van der Waals surface area contributed by atoms with Crippen LogP contribution in [0.2, 0.25) is 0 Å². The Kier molecular flexibility index (Phi) is 2.63. The summed E-state index contributed by atoms with van der Waals surface area (Å²) < 4.78 is 1.36. The molecule has 6 rings (SSSR count). The molecule has 0 spiro atoms. The molecule has 0 atom stereocenters. The van der Waals surface area contributed by atoms with Crippen LogP contribution in [0.15, 0.2) is 88.5 Å². The van der Waals surface area contributed by atoms with E-state index in [1.165, 1.54) is 4.40 Å². The van der Waals surface area contributed by atoms with Crippen molar-refractivity contribution < 1.29 is 0 Å². The Balaban J connectivity index is 2.18. The third-order valence-corrected chi connectivity index (χ3v) is 5.53. The molecule has 0 unspecified atom stereocenters. The first-order chi connectivity index (χ1) is 13.3. The standard InChI is InChI=1S/C24H13NO2/c26-23-18-11-5-3-9-16(18)20-13-14-7-1-2-8-15(14)21-17-10-4-6-12-19(17)24(27)25(23)22(20)21/h1-13H. The molecule has 0 N–H and O–H groups in total. The van der Waals surface area contributed by atoms with E-state index >= 15 is 0 Å². The van der Waals surface area contributed by atoms with E-state index in [0.29, 0.717) is 16.3 Å². The third-order valence-electron chi connectivity index (χ3n) is 5.53. The summed E-state index contributed by atoms with van der Waals surface area (Å²) in [6.45, 7) is 0. The molecule has 0 fully saturated rings. The summed E-state index contributed by atoms with van der Waals surface area (Å²) in [5.41, 5.74) is 0.198. The molecule has 0 aliphatic rings. The summed E-state index contributed by atoms with van der Waals surface area (Å²) in [6, 6.07) is 25.3. The van der Waals surface area contributed by atoms with E-state index in [9.17, 15) is 9.59 Å². The molecule has 0 saturated heterocycles. The number of aromatic nitrogens is 1. The van der Waals surface area contributed by atoms with E-state index in [2.05, 4.69) is 18.2 Å². The minimum atomic E-state index is -0.255. The van der Waals surface area contributed by atoms with E-state index in [0.717, 1.165) is 32.3 Å². The Morgan fingerprint density at radius 3 is 1.74 bits per heavy atom. The van der Waals surface area contributed by atoms with Gasteiger partial charge in [-0.05, 0) is 39.7 Å². The summed E-state index contributed by atoms with van der Waals surface area (Å²) in [5.74, 6) is 0. The van der Waals surface area contributed by atoms with Gasteiger partial charge in [-0.15, -0.1) is 0 Å². The van der Waals surface area contributed by atoms with Crippen molar-refractivity contribution in [3.8, 4) is 0 Å². The highest BCUT2D eigenvalue weighted by Crippen LogP contribution is 2.35. The zero-order valence-electron chi connectivity index (χ0n) is 14.3. The smallest absolute Gasteiger partial charge is 0.266 e. The summed E-state index contributed by atoms with van der Waals surface area (Å²) >= 11 is 0. The van der Waals surface area contributed by atoms with Gasteiger partial charge in [-0.2, -0.15) is 0 Å². The molecule has 0 amide bonds. The Morgan fingerprint density at radius 1 is 0.519 bits per heavy atom. The van der Waals surface area contributed by atoms with Gasteiger partial charge >= 0.3 is 0 Å². The zero-order valence-corrected chi connectivity index (χ0v) is 14.3. The van der Waals surface area contributed by atoms with Gasteiger partial charge in [0.1, 0.15) is 0 Å². The van der Waals surface area contributed by atoms with E-state index in [4.69, 9.17) is 0 Å². The molecule has 0 aliphatic carbocycles. The van der Waals surface area contributed by atoms with Crippen molar-refractivity contribution in [3.05, 3.63) is 99.6 Å². The predicted octanol–water partition coefficient (Wildman–Crippen LogP) is 4.71. The number of hydrogen-bond acceptors (Lipinski definition) is 2. The number of rotatable bonds is 0. The second-order valence-corrected chi connectivity index (χ2v) is 6.91. The van der Waals surface area contributed by atoms with E-state index in [1.54, 1.807) is 12.1 Å². The quantitative estimate of drug-likeness (QED) is 0.295. The molecule has 2 aromatic heterocycles. The van der Waals surface area contributed by atoms with Crippen LogP contribution in [-0.2, 0) is 0 Å². The molecule has 126 valence electrons. The average Bonchev–Trinajstić information content (AvgIpc) is 2.72. The van der Waals surface area contributed by atoms with Gasteiger partial charge in [-0.3, -0.25) is 9.59 Å². The third kappa shape index (κ3) is 1.71. The number of hydrogen-bond donors (Lipinski definition) is 0. The maximum absolute atomic E-state index is 13.3. The fourth-order valence-electron chi connectivity index (χ4n) is 4.38. The van der Waals surface area contributed by atoms with Crippen LogP contribution in [-0.4, -0.2) is 4.40 Å². The second kappa shape index (κ2) is 4.92. The molecule has 0 saturated carbocycles. The first-order valence-corrected chi connectivity index (χ1v) is 8.89. The number of benzene rings is 4. The molecule has 3 heteroatoms. The summed E-state index contributed by atoms with van der Waals surface area (Å²) in [4.78, 5) is 26.5. The molecule has 6 aromatic rings. The SMILES string of the molecule is O=c1c2ccccc2c2cc3ccccc3c3c4ccccc4c(=O)n1c23.